The summed E-state index contributed by atoms with van der Waals surface area (Å²) in [6.45, 7) is 1.48. The molecule has 0 atom stereocenters. The molecule has 1 N–H and O–H groups in total. The number of rotatable bonds is 5. The summed E-state index contributed by atoms with van der Waals surface area (Å²) in [7, 11) is 0. The molecule has 6 nitrogen and oxygen atoms in total. The molecule has 1 aromatic carbocycles. The minimum Gasteiger partial charge on any atom is -0.484 e. The fourth-order valence-electron chi connectivity index (χ4n) is 2.31. The molecular formula is C13H14FNO5. The van der Waals surface area contributed by atoms with Crippen LogP contribution in [0.4, 0.5) is 10.1 Å². The first-order chi connectivity index (χ1) is 9.33. The lowest BCUT2D eigenvalue weighted by molar-refractivity contribution is -0.385. The lowest BCUT2D eigenvalue weighted by Gasteiger charge is -2.40. The number of aliphatic carboxylic acids is 1. The third kappa shape index (κ3) is 2.71. The van der Waals surface area contributed by atoms with Gasteiger partial charge in [-0.25, -0.2) is 4.39 Å². The maximum absolute atomic E-state index is 13.8. The van der Waals surface area contributed by atoms with Crippen molar-refractivity contribution in [2.24, 2.45) is 0 Å². The SMILES string of the molecule is Cc1cc(OC2(CC(=O)O)CCC2)c(F)cc1[N+](=O)[O-]. The van der Waals surface area contributed by atoms with E-state index in [9.17, 15) is 19.3 Å². The van der Waals surface area contributed by atoms with Gasteiger partial charge in [0.1, 0.15) is 5.60 Å². The zero-order valence-corrected chi connectivity index (χ0v) is 10.9. The van der Waals surface area contributed by atoms with Gasteiger partial charge in [-0.15, -0.1) is 0 Å². The summed E-state index contributed by atoms with van der Waals surface area (Å²) in [5, 5.41) is 19.6. The van der Waals surface area contributed by atoms with Crippen LogP contribution in [0.3, 0.4) is 0 Å². The standard InChI is InChI=1S/C13H14FNO5/c1-8-5-11(9(14)6-10(8)15(18)19)20-13(3-2-4-13)7-12(16)17/h5-6H,2-4,7H2,1H3,(H,16,17). The quantitative estimate of drug-likeness (QED) is 0.663. The second kappa shape index (κ2) is 5.07. The summed E-state index contributed by atoms with van der Waals surface area (Å²) in [5.74, 6) is -1.99. The van der Waals surface area contributed by atoms with Gasteiger partial charge in [0.2, 0.25) is 0 Å². The molecule has 0 heterocycles. The van der Waals surface area contributed by atoms with Crippen LogP contribution in [0.1, 0.15) is 31.2 Å². The topological polar surface area (TPSA) is 89.7 Å². The van der Waals surface area contributed by atoms with Crippen molar-refractivity contribution < 1.29 is 24.0 Å². The van der Waals surface area contributed by atoms with E-state index in [1.165, 1.54) is 13.0 Å². The molecule has 0 unspecified atom stereocenters. The van der Waals surface area contributed by atoms with Gasteiger partial charge < -0.3 is 9.84 Å². The highest BCUT2D eigenvalue weighted by atomic mass is 19.1. The monoisotopic (exact) mass is 283 g/mol. The molecule has 20 heavy (non-hydrogen) atoms. The second-order valence-corrected chi connectivity index (χ2v) is 5.04. The smallest absolute Gasteiger partial charge is 0.307 e. The molecular weight excluding hydrogens is 269 g/mol. The number of hydrogen-bond donors (Lipinski definition) is 1. The molecule has 2 rings (SSSR count). The van der Waals surface area contributed by atoms with E-state index in [-0.39, 0.29) is 23.4 Å². The van der Waals surface area contributed by atoms with Crippen LogP contribution in [0, 0.1) is 22.9 Å². The number of hydrogen-bond acceptors (Lipinski definition) is 4. The van der Waals surface area contributed by atoms with Gasteiger partial charge >= 0.3 is 5.97 Å². The lowest BCUT2D eigenvalue weighted by atomic mass is 9.77. The molecule has 0 bridgehead atoms. The van der Waals surface area contributed by atoms with Crippen LogP contribution in [-0.2, 0) is 4.79 Å². The predicted molar refractivity (Wildman–Crippen MR) is 67.3 cm³/mol. The molecule has 1 aromatic rings. The minimum absolute atomic E-state index is 0.131. The Morgan fingerprint density at radius 1 is 1.55 bits per heavy atom. The number of ether oxygens (including phenoxy) is 1. The van der Waals surface area contributed by atoms with Gasteiger partial charge in [-0.3, -0.25) is 14.9 Å². The Morgan fingerprint density at radius 2 is 2.20 bits per heavy atom. The predicted octanol–water partition coefficient (Wildman–Crippen LogP) is 2.82. The van der Waals surface area contributed by atoms with Gasteiger partial charge in [0.25, 0.3) is 5.69 Å². The van der Waals surface area contributed by atoms with Crippen LogP contribution in [0.15, 0.2) is 12.1 Å². The number of benzene rings is 1. The molecule has 7 heteroatoms. The van der Waals surface area contributed by atoms with Gasteiger partial charge in [0, 0.05) is 5.56 Å². The Balaban J connectivity index is 2.27. The summed E-state index contributed by atoms with van der Waals surface area (Å²) in [5.41, 5.74) is -0.943. The highest BCUT2D eigenvalue weighted by Crippen LogP contribution is 2.41. The summed E-state index contributed by atoms with van der Waals surface area (Å²) in [4.78, 5) is 20.9. The number of halogens is 1. The van der Waals surface area contributed by atoms with Crippen LogP contribution in [-0.4, -0.2) is 21.6 Å². The Kier molecular flexibility index (Phi) is 3.61. The number of nitro groups is 1. The third-order valence-corrected chi connectivity index (χ3v) is 3.51. The van der Waals surface area contributed by atoms with E-state index in [1.54, 1.807) is 0 Å². The highest BCUT2D eigenvalue weighted by molar-refractivity contribution is 5.68. The van der Waals surface area contributed by atoms with E-state index >= 15 is 0 Å². The summed E-state index contributed by atoms with van der Waals surface area (Å²) < 4.78 is 19.4. The number of carboxylic acids is 1. The van der Waals surface area contributed by atoms with Gasteiger partial charge in [-0.1, -0.05) is 0 Å². The van der Waals surface area contributed by atoms with Crippen LogP contribution in [0.5, 0.6) is 5.75 Å². The molecule has 0 aromatic heterocycles. The molecule has 0 saturated heterocycles. The fraction of sp³-hybridized carbons (Fsp3) is 0.462. The highest BCUT2D eigenvalue weighted by Gasteiger charge is 2.42. The van der Waals surface area contributed by atoms with Crippen molar-refractivity contribution >= 4 is 11.7 Å². The molecule has 108 valence electrons. The van der Waals surface area contributed by atoms with E-state index in [1.807, 2.05) is 0 Å². The van der Waals surface area contributed by atoms with E-state index in [2.05, 4.69) is 0 Å². The van der Waals surface area contributed by atoms with Crippen molar-refractivity contribution in [3.63, 3.8) is 0 Å². The molecule has 0 radical (unpaired) electrons. The first-order valence-electron chi connectivity index (χ1n) is 6.18. The molecule has 1 aliphatic rings. The molecule has 0 spiro atoms. The number of carbonyl (C=O) groups is 1. The maximum atomic E-state index is 13.8. The molecule has 1 fully saturated rings. The number of carboxylic acid groups (broad SMARTS) is 1. The molecule has 0 aliphatic heterocycles. The average Bonchev–Trinajstić information content (AvgIpc) is 2.29. The molecule has 1 aliphatic carbocycles. The molecule has 1 saturated carbocycles. The van der Waals surface area contributed by atoms with Crippen molar-refractivity contribution in [3.8, 4) is 5.75 Å². The van der Waals surface area contributed by atoms with Gasteiger partial charge in [0.05, 0.1) is 17.4 Å². The number of aryl methyl sites for hydroxylation is 1. The van der Waals surface area contributed by atoms with Crippen molar-refractivity contribution in [2.75, 3.05) is 0 Å². The van der Waals surface area contributed by atoms with Gasteiger partial charge in [-0.05, 0) is 32.3 Å². The zero-order chi connectivity index (χ0) is 14.9. The van der Waals surface area contributed by atoms with Crippen LogP contribution in [0.2, 0.25) is 0 Å². The van der Waals surface area contributed by atoms with Crippen molar-refractivity contribution in [1.82, 2.24) is 0 Å². The fourth-order valence-corrected chi connectivity index (χ4v) is 2.31. The first-order valence-corrected chi connectivity index (χ1v) is 6.18. The summed E-state index contributed by atoms with van der Waals surface area (Å²) >= 11 is 0. The van der Waals surface area contributed by atoms with Crippen molar-refractivity contribution in [3.05, 3.63) is 33.6 Å². The average molecular weight is 283 g/mol. The second-order valence-electron chi connectivity index (χ2n) is 5.04. The lowest BCUT2D eigenvalue weighted by Crippen LogP contribution is -2.45. The molecule has 0 amide bonds. The van der Waals surface area contributed by atoms with Crippen LogP contribution >= 0.6 is 0 Å². The first kappa shape index (κ1) is 14.2. The van der Waals surface area contributed by atoms with Crippen molar-refractivity contribution in [1.29, 1.82) is 0 Å². The van der Waals surface area contributed by atoms with Crippen molar-refractivity contribution in [2.45, 2.75) is 38.2 Å². The van der Waals surface area contributed by atoms with E-state index in [0.717, 1.165) is 12.5 Å². The third-order valence-electron chi connectivity index (χ3n) is 3.51. The Morgan fingerprint density at radius 3 is 2.65 bits per heavy atom. The summed E-state index contributed by atoms with van der Waals surface area (Å²) in [6, 6.07) is 2.05. The van der Waals surface area contributed by atoms with Gasteiger partial charge in [-0.2, -0.15) is 0 Å². The number of nitro benzene ring substituents is 1. The zero-order valence-electron chi connectivity index (χ0n) is 10.9. The largest absolute Gasteiger partial charge is 0.484 e. The maximum Gasteiger partial charge on any atom is 0.307 e. The minimum atomic E-state index is -1.01. The van der Waals surface area contributed by atoms with Gasteiger partial charge in [0.15, 0.2) is 11.6 Å². The number of nitrogens with zero attached hydrogens (tertiary/aromatic N) is 1. The normalized spacial score (nSPS) is 16.3. The van der Waals surface area contributed by atoms with Crippen LogP contribution < -0.4 is 4.74 Å². The van der Waals surface area contributed by atoms with E-state index in [4.69, 9.17) is 9.84 Å². The van der Waals surface area contributed by atoms with Crippen LogP contribution in [0.25, 0.3) is 0 Å². The Bertz CT molecular complexity index is 568. The Labute approximate surface area is 114 Å². The summed E-state index contributed by atoms with van der Waals surface area (Å²) in [6.07, 6.45) is 1.69. The van der Waals surface area contributed by atoms with E-state index < -0.39 is 22.3 Å². The Hall–Kier alpha value is -2.18. The van der Waals surface area contributed by atoms with E-state index in [0.29, 0.717) is 12.8 Å².